The van der Waals surface area contributed by atoms with Crippen molar-refractivity contribution in [3.8, 4) is 0 Å². The standard InChI is InChI=1S/C7H13NO.C4H10.C2H6.CH5N/c1-6(9)7-4-3-5-8(7)2;1-4(2)3;2*1-2/h7H,3-5H2,1-2H3;4H,1-3H3;1-2H3;2H2,1H3/t7-;;;/m0.../s1. The fourth-order valence-electron chi connectivity index (χ4n) is 1.42. The summed E-state index contributed by atoms with van der Waals surface area (Å²) >= 11 is 0. The summed E-state index contributed by atoms with van der Waals surface area (Å²) in [5.41, 5.74) is 4.50. The minimum Gasteiger partial charge on any atom is -0.333 e. The molecule has 0 aromatic heterocycles. The van der Waals surface area contributed by atoms with E-state index in [4.69, 9.17) is 0 Å². The van der Waals surface area contributed by atoms with Gasteiger partial charge in [-0.1, -0.05) is 34.6 Å². The lowest BCUT2D eigenvalue weighted by atomic mass is 10.1. The van der Waals surface area contributed by atoms with Crippen LogP contribution < -0.4 is 5.73 Å². The highest BCUT2D eigenvalue weighted by atomic mass is 16.1. The van der Waals surface area contributed by atoms with E-state index in [1.807, 2.05) is 20.9 Å². The van der Waals surface area contributed by atoms with Crippen molar-refractivity contribution in [2.45, 2.75) is 60.4 Å². The zero-order valence-electron chi connectivity index (χ0n) is 13.2. The first-order valence-electron chi connectivity index (χ1n) is 6.73. The number of likely N-dealkylation sites (tertiary alicyclic amines) is 1. The molecule has 0 aromatic rings. The molecule has 1 atom stereocenters. The number of hydrogen-bond donors (Lipinski definition) is 1. The van der Waals surface area contributed by atoms with Gasteiger partial charge in [-0.05, 0) is 46.3 Å². The minimum atomic E-state index is 0.227. The maximum atomic E-state index is 10.8. The van der Waals surface area contributed by atoms with Gasteiger partial charge in [-0.2, -0.15) is 0 Å². The van der Waals surface area contributed by atoms with Gasteiger partial charge in [0, 0.05) is 0 Å². The Morgan fingerprint density at radius 1 is 1.24 bits per heavy atom. The van der Waals surface area contributed by atoms with Crippen LogP contribution in [0, 0.1) is 5.92 Å². The van der Waals surface area contributed by atoms with Crippen LogP contribution in [-0.4, -0.2) is 37.4 Å². The van der Waals surface area contributed by atoms with Gasteiger partial charge in [0.1, 0.15) is 5.78 Å². The molecule has 1 fully saturated rings. The fourth-order valence-corrected chi connectivity index (χ4v) is 1.42. The molecule has 1 heterocycles. The number of rotatable bonds is 1. The molecule has 3 nitrogen and oxygen atoms in total. The predicted octanol–water partition coefficient (Wildman–Crippen LogP) is 2.93. The zero-order chi connectivity index (χ0) is 14.4. The topological polar surface area (TPSA) is 46.3 Å². The molecule has 0 saturated carbocycles. The van der Waals surface area contributed by atoms with Crippen LogP contribution in [0.1, 0.15) is 54.4 Å². The van der Waals surface area contributed by atoms with Crippen molar-refractivity contribution in [1.82, 2.24) is 4.90 Å². The van der Waals surface area contributed by atoms with E-state index in [0.29, 0.717) is 5.78 Å². The monoisotopic (exact) mass is 246 g/mol. The predicted molar refractivity (Wildman–Crippen MR) is 78.3 cm³/mol. The summed E-state index contributed by atoms with van der Waals surface area (Å²) in [6.07, 6.45) is 2.24. The second kappa shape index (κ2) is 15.6. The van der Waals surface area contributed by atoms with Gasteiger partial charge in [0.25, 0.3) is 0 Å². The Balaban J connectivity index is -0.000000208. The molecular weight excluding hydrogens is 212 g/mol. The number of likely N-dealkylation sites (N-methyl/N-ethyl adjacent to an activating group) is 1. The molecule has 0 bridgehead atoms. The number of carbonyl (C=O) groups excluding carboxylic acids is 1. The van der Waals surface area contributed by atoms with Gasteiger partial charge in [0.05, 0.1) is 6.04 Å². The van der Waals surface area contributed by atoms with Crippen LogP contribution in [0.3, 0.4) is 0 Å². The third kappa shape index (κ3) is 15.6. The van der Waals surface area contributed by atoms with Crippen molar-refractivity contribution in [2.75, 3.05) is 20.6 Å². The average Bonchev–Trinajstić information content (AvgIpc) is 2.70. The van der Waals surface area contributed by atoms with Crippen molar-refractivity contribution in [3.63, 3.8) is 0 Å². The number of Topliss-reactive ketones (excluding diaryl/α,β-unsaturated/α-hetero) is 1. The molecular formula is C14H34N2O. The molecule has 0 aliphatic carbocycles. The largest absolute Gasteiger partial charge is 0.333 e. The van der Waals surface area contributed by atoms with E-state index in [9.17, 15) is 4.79 Å². The lowest BCUT2D eigenvalue weighted by Crippen LogP contribution is -2.30. The van der Waals surface area contributed by atoms with E-state index < -0.39 is 0 Å². The number of hydrogen-bond acceptors (Lipinski definition) is 3. The van der Waals surface area contributed by atoms with Gasteiger partial charge in [-0.25, -0.2) is 0 Å². The van der Waals surface area contributed by atoms with Gasteiger partial charge in [0.2, 0.25) is 0 Å². The van der Waals surface area contributed by atoms with Gasteiger partial charge in [-0.3, -0.25) is 9.69 Å². The first kappa shape index (κ1) is 21.8. The third-order valence-electron chi connectivity index (χ3n) is 1.99. The Hall–Kier alpha value is -0.410. The Morgan fingerprint density at radius 2 is 1.59 bits per heavy atom. The molecule has 1 rings (SSSR count). The molecule has 0 radical (unpaired) electrons. The van der Waals surface area contributed by atoms with Crippen molar-refractivity contribution >= 4 is 5.78 Å². The summed E-state index contributed by atoms with van der Waals surface area (Å²) < 4.78 is 0. The fraction of sp³-hybridized carbons (Fsp3) is 0.929. The smallest absolute Gasteiger partial charge is 0.146 e. The first-order chi connectivity index (χ1) is 7.95. The van der Waals surface area contributed by atoms with Crippen molar-refractivity contribution in [3.05, 3.63) is 0 Å². The van der Waals surface area contributed by atoms with E-state index in [-0.39, 0.29) is 6.04 Å². The molecule has 0 unspecified atom stereocenters. The summed E-state index contributed by atoms with van der Waals surface area (Å²) in [4.78, 5) is 12.9. The molecule has 106 valence electrons. The van der Waals surface area contributed by atoms with Crippen molar-refractivity contribution in [1.29, 1.82) is 0 Å². The summed E-state index contributed by atoms with van der Waals surface area (Å²) in [5.74, 6) is 1.15. The van der Waals surface area contributed by atoms with Gasteiger partial charge in [0.15, 0.2) is 0 Å². The molecule has 1 aliphatic rings. The number of ketones is 1. The van der Waals surface area contributed by atoms with Gasteiger partial charge in [-0.15, -0.1) is 0 Å². The first-order valence-corrected chi connectivity index (χ1v) is 6.73. The molecule has 0 aromatic carbocycles. The molecule has 1 saturated heterocycles. The Bertz CT molecular complexity index is 156. The molecule has 0 spiro atoms. The summed E-state index contributed by atoms with van der Waals surface area (Å²) in [5, 5.41) is 0. The second-order valence-corrected chi connectivity index (χ2v) is 4.48. The van der Waals surface area contributed by atoms with E-state index in [0.717, 1.165) is 18.9 Å². The lowest BCUT2D eigenvalue weighted by Gasteiger charge is -2.14. The number of nitrogens with zero attached hydrogens (tertiary/aromatic N) is 1. The average molecular weight is 246 g/mol. The lowest BCUT2D eigenvalue weighted by molar-refractivity contribution is -0.120. The molecule has 1 aliphatic heterocycles. The Morgan fingerprint density at radius 3 is 1.71 bits per heavy atom. The molecule has 0 amide bonds. The van der Waals surface area contributed by atoms with E-state index in [2.05, 4.69) is 31.4 Å². The zero-order valence-corrected chi connectivity index (χ0v) is 13.2. The van der Waals surface area contributed by atoms with Crippen LogP contribution >= 0.6 is 0 Å². The van der Waals surface area contributed by atoms with Crippen LogP contribution in [0.25, 0.3) is 0 Å². The van der Waals surface area contributed by atoms with E-state index in [1.165, 1.54) is 13.5 Å². The molecule has 2 N–H and O–H groups in total. The van der Waals surface area contributed by atoms with Crippen LogP contribution in [-0.2, 0) is 4.79 Å². The summed E-state index contributed by atoms with van der Waals surface area (Å²) in [6, 6.07) is 0.227. The minimum absolute atomic E-state index is 0.227. The maximum Gasteiger partial charge on any atom is 0.146 e. The summed E-state index contributed by atoms with van der Waals surface area (Å²) in [6.45, 7) is 13.3. The summed E-state index contributed by atoms with van der Waals surface area (Å²) in [7, 11) is 3.51. The Labute approximate surface area is 109 Å². The Kier molecular flexibility index (Phi) is 20.0. The molecule has 3 heteroatoms. The van der Waals surface area contributed by atoms with E-state index >= 15 is 0 Å². The highest BCUT2D eigenvalue weighted by molar-refractivity contribution is 5.81. The van der Waals surface area contributed by atoms with Crippen LogP contribution in [0.4, 0.5) is 0 Å². The van der Waals surface area contributed by atoms with Gasteiger partial charge >= 0.3 is 0 Å². The van der Waals surface area contributed by atoms with E-state index in [1.54, 1.807) is 6.92 Å². The van der Waals surface area contributed by atoms with Gasteiger partial charge < -0.3 is 5.73 Å². The highest BCUT2D eigenvalue weighted by Gasteiger charge is 2.23. The van der Waals surface area contributed by atoms with Crippen LogP contribution in [0.15, 0.2) is 0 Å². The van der Waals surface area contributed by atoms with Crippen molar-refractivity contribution < 1.29 is 4.79 Å². The van der Waals surface area contributed by atoms with Crippen molar-refractivity contribution in [2.24, 2.45) is 11.7 Å². The maximum absolute atomic E-state index is 10.8. The van der Waals surface area contributed by atoms with Crippen LogP contribution in [0.2, 0.25) is 0 Å². The highest BCUT2D eigenvalue weighted by Crippen LogP contribution is 2.14. The number of nitrogens with two attached hydrogens (primary N) is 1. The molecule has 17 heavy (non-hydrogen) atoms. The second-order valence-electron chi connectivity index (χ2n) is 4.48. The number of carbonyl (C=O) groups is 1. The third-order valence-corrected chi connectivity index (χ3v) is 1.99. The SMILES string of the molecule is CC.CC(=O)[C@@H]1CCCN1C.CC(C)C.CN. The quantitative estimate of drug-likeness (QED) is 0.774. The van der Waals surface area contributed by atoms with Crippen LogP contribution in [0.5, 0.6) is 0 Å². The normalized spacial score (nSPS) is 18.1.